The van der Waals surface area contributed by atoms with E-state index in [9.17, 15) is 13.7 Å². The number of hydrogen-bond donors (Lipinski definition) is 1. The molecule has 0 aliphatic carbocycles. The Balaban J connectivity index is 1.42. The molecule has 1 unspecified atom stereocenters. The molecule has 30 heavy (non-hydrogen) atoms. The summed E-state index contributed by atoms with van der Waals surface area (Å²) in [5.41, 5.74) is 2.36. The monoisotopic (exact) mass is 427 g/mol. The van der Waals surface area contributed by atoms with Gasteiger partial charge in [-0.2, -0.15) is 4.72 Å². The maximum Gasteiger partial charge on any atom is 0.328 e. The normalized spacial score (nSPS) is 14.9. The van der Waals surface area contributed by atoms with Gasteiger partial charge in [-0.3, -0.25) is 4.79 Å². The SMILES string of the molecule is Cc1ccc2c([S+]([O-])NC(=O)c3cc4c(F)cc(N5CCC5)cc4o3)nn(C)c2n1. The fourth-order valence-corrected chi connectivity index (χ4v) is 4.39. The van der Waals surface area contributed by atoms with Gasteiger partial charge in [0.2, 0.25) is 0 Å². The fourth-order valence-electron chi connectivity index (χ4n) is 3.47. The maximum absolute atomic E-state index is 14.5. The van der Waals surface area contributed by atoms with Gasteiger partial charge in [0.05, 0.1) is 10.8 Å². The topological polar surface area (TPSA) is 99.2 Å². The van der Waals surface area contributed by atoms with E-state index in [0.29, 0.717) is 11.0 Å². The van der Waals surface area contributed by atoms with Crippen molar-refractivity contribution < 1.29 is 18.2 Å². The third-order valence-electron chi connectivity index (χ3n) is 5.17. The zero-order chi connectivity index (χ0) is 21.0. The number of hydrogen-bond acceptors (Lipinski definition) is 6. The van der Waals surface area contributed by atoms with Crippen LogP contribution in [0.1, 0.15) is 22.7 Å². The van der Waals surface area contributed by atoms with E-state index in [1.54, 1.807) is 25.2 Å². The highest BCUT2D eigenvalue weighted by atomic mass is 32.2. The van der Waals surface area contributed by atoms with E-state index in [0.717, 1.165) is 30.9 Å². The molecule has 10 heteroatoms. The number of nitrogens with one attached hydrogen (secondary N) is 1. The molecule has 8 nitrogen and oxygen atoms in total. The van der Waals surface area contributed by atoms with Gasteiger partial charge in [-0.1, -0.05) is 0 Å². The lowest BCUT2D eigenvalue weighted by molar-refractivity contribution is 0.0956. The predicted molar refractivity (Wildman–Crippen MR) is 110 cm³/mol. The van der Waals surface area contributed by atoms with Crippen LogP contribution >= 0.6 is 0 Å². The third-order valence-corrected chi connectivity index (χ3v) is 6.19. The number of aromatic nitrogens is 3. The molecule has 1 aliphatic rings. The lowest BCUT2D eigenvalue weighted by Crippen LogP contribution is -2.36. The highest BCUT2D eigenvalue weighted by molar-refractivity contribution is 7.90. The first-order valence-corrected chi connectivity index (χ1v) is 10.6. The summed E-state index contributed by atoms with van der Waals surface area (Å²) in [7, 11) is 1.69. The van der Waals surface area contributed by atoms with Crippen molar-refractivity contribution in [3.63, 3.8) is 0 Å². The molecule has 4 aromatic rings. The Morgan fingerprint density at radius 2 is 2.07 bits per heavy atom. The van der Waals surface area contributed by atoms with E-state index >= 15 is 0 Å². The lowest BCUT2D eigenvalue weighted by atomic mass is 10.1. The molecule has 3 aromatic heterocycles. The standard InChI is InChI=1S/C20H18FN5O3S/c1-11-4-5-13-18(22-11)25(2)23-20(13)30(28)24-19(27)17-10-14-15(21)8-12(9-16(14)29-17)26-6-3-7-26/h4-5,8-10H,3,6-7H2,1-2H3,(H,24,27). The molecule has 1 aliphatic heterocycles. The molecule has 0 bridgehead atoms. The van der Waals surface area contributed by atoms with Crippen LogP contribution in [0.25, 0.3) is 22.0 Å². The van der Waals surface area contributed by atoms with Gasteiger partial charge in [-0.25, -0.2) is 14.1 Å². The summed E-state index contributed by atoms with van der Waals surface area (Å²) >= 11 is -1.94. The van der Waals surface area contributed by atoms with Crippen LogP contribution in [0.5, 0.6) is 0 Å². The molecule has 0 radical (unpaired) electrons. The van der Waals surface area contributed by atoms with Crippen molar-refractivity contribution in [3.8, 4) is 0 Å². The summed E-state index contributed by atoms with van der Waals surface area (Å²) in [6.07, 6.45) is 1.06. The minimum atomic E-state index is -1.94. The van der Waals surface area contributed by atoms with Crippen LogP contribution in [0.2, 0.25) is 0 Å². The Labute approximate surface area is 174 Å². The van der Waals surface area contributed by atoms with Crippen molar-refractivity contribution in [1.29, 1.82) is 0 Å². The van der Waals surface area contributed by atoms with E-state index in [-0.39, 0.29) is 21.8 Å². The van der Waals surface area contributed by atoms with Crippen LogP contribution in [0.4, 0.5) is 10.1 Å². The van der Waals surface area contributed by atoms with Crippen molar-refractivity contribution in [1.82, 2.24) is 19.5 Å². The van der Waals surface area contributed by atoms with Crippen LogP contribution in [0, 0.1) is 12.7 Å². The molecule has 1 amide bonds. The highest BCUT2D eigenvalue weighted by Crippen LogP contribution is 2.30. The number of carbonyl (C=O) groups excluding carboxylic acids is 1. The number of pyridine rings is 1. The van der Waals surface area contributed by atoms with Gasteiger partial charge in [0.15, 0.2) is 11.4 Å². The minimum Gasteiger partial charge on any atom is -0.586 e. The summed E-state index contributed by atoms with van der Waals surface area (Å²) in [6, 6.07) is 8.01. The minimum absolute atomic E-state index is 0.118. The molecule has 1 aromatic carbocycles. The van der Waals surface area contributed by atoms with Crippen LogP contribution in [0.15, 0.2) is 39.8 Å². The van der Waals surface area contributed by atoms with Gasteiger partial charge in [-0.15, -0.1) is 5.10 Å². The zero-order valence-corrected chi connectivity index (χ0v) is 17.1. The molecule has 0 spiro atoms. The Morgan fingerprint density at radius 1 is 1.27 bits per heavy atom. The molecule has 4 heterocycles. The Kier molecular flexibility index (Phi) is 4.40. The quantitative estimate of drug-likeness (QED) is 0.503. The third kappa shape index (κ3) is 3.08. The molecule has 1 fully saturated rings. The fraction of sp³-hybridized carbons (Fsp3) is 0.250. The molecule has 1 N–H and O–H groups in total. The van der Waals surface area contributed by atoms with Crippen molar-refractivity contribution in [2.45, 2.75) is 18.4 Å². The zero-order valence-electron chi connectivity index (χ0n) is 16.3. The number of fused-ring (bicyclic) bond motifs is 2. The molecule has 1 atom stereocenters. The molecule has 1 saturated heterocycles. The van der Waals surface area contributed by atoms with Crippen LogP contribution in [-0.2, 0) is 18.4 Å². The summed E-state index contributed by atoms with van der Waals surface area (Å²) in [4.78, 5) is 19.0. The first kappa shape index (κ1) is 18.9. The van der Waals surface area contributed by atoms with Crippen molar-refractivity contribution >= 4 is 45.0 Å². The summed E-state index contributed by atoms with van der Waals surface area (Å²) in [6.45, 7) is 3.58. The van der Waals surface area contributed by atoms with Crippen LogP contribution in [-0.4, -0.2) is 38.3 Å². The first-order chi connectivity index (χ1) is 14.4. The number of nitrogens with zero attached hydrogens (tertiary/aromatic N) is 4. The summed E-state index contributed by atoms with van der Waals surface area (Å²) in [5, 5.41) is 5.20. The number of anilines is 1. The van der Waals surface area contributed by atoms with E-state index < -0.39 is 23.1 Å². The average Bonchev–Trinajstić information content (AvgIpc) is 3.22. The summed E-state index contributed by atoms with van der Waals surface area (Å²) < 4.78 is 36.7. The number of carbonyl (C=O) groups is 1. The Morgan fingerprint density at radius 3 is 2.80 bits per heavy atom. The van der Waals surface area contributed by atoms with Crippen molar-refractivity contribution in [2.24, 2.45) is 7.05 Å². The predicted octanol–water partition coefficient (Wildman–Crippen LogP) is 2.82. The van der Waals surface area contributed by atoms with E-state index in [1.807, 2.05) is 11.8 Å². The number of aryl methyl sites for hydroxylation is 2. The first-order valence-electron chi connectivity index (χ1n) is 9.42. The van der Waals surface area contributed by atoms with Crippen LogP contribution < -0.4 is 9.62 Å². The second kappa shape index (κ2) is 6.99. The largest absolute Gasteiger partial charge is 0.586 e. The van der Waals surface area contributed by atoms with Crippen molar-refractivity contribution in [2.75, 3.05) is 18.0 Å². The van der Waals surface area contributed by atoms with Crippen LogP contribution in [0.3, 0.4) is 0 Å². The van der Waals surface area contributed by atoms with Gasteiger partial charge >= 0.3 is 5.91 Å². The van der Waals surface area contributed by atoms with E-state index in [4.69, 9.17) is 4.42 Å². The molecular weight excluding hydrogens is 409 g/mol. The summed E-state index contributed by atoms with van der Waals surface area (Å²) in [5.74, 6) is -1.30. The lowest BCUT2D eigenvalue weighted by Gasteiger charge is -2.33. The maximum atomic E-state index is 14.5. The van der Waals surface area contributed by atoms with Gasteiger partial charge in [0.25, 0.3) is 5.03 Å². The number of furan rings is 1. The van der Waals surface area contributed by atoms with Gasteiger partial charge in [0, 0.05) is 43.7 Å². The van der Waals surface area contributed by atoms with Gasteiger partial charge in [-0.05, 0) is 31.5 Å². The number of halogens is 1. The Bertz CT molecular complexity index is 1300. The highest BCUT2D eigenvalue weighted by Gasteiger charge is 2.27. The van der Waals surface area contributed by atoms with Gasteiger partial charge < -0.3 is 13.9 Å². The molecule has 0 saturated carbocycles. The van der Waals surface area contributed by atoms with Gasteiger partial charge in [0.1, 0.15) is 22.8 Å². The second-order valence-electron chi connectivity index (χ2n) is 7.24. The second-order valence-corrected chi connectivity index (χ2v) is 8.37. The Hall–Kier alpha value is -3.11. The van der Waals surface area contributed by atoms with E-state index in [1.165, 1.54) is 16.8 Å². The average molecular weight is 427 g/mol. The molecular formula is C20H18FN5O3S. The number of benzene rings is 1. The molecule has 154 valence electrons. The number of amides is 1. The van der Waals surface area contributed by atoms with E-state index in [2.05, 4.69) is 14.8 Å². The number of rotatable bonds is 4. The molecule has 5 rings (SSSR count). The smallest absolute Gasteiger partial charge is 0.328 e. The van der Waals surface area contributed by atoms with Crippen molar-refractivity contribution in [3.05, 3.63) is 47.6 Å².